The minimum atomic E-state index is 0.229. The smallest absolute Gasteiger partial charge is 0.136 e. The number of hydrogen-bond acceptors (Lipinski definition) is 3. The number of nitrogens with zero attached hydrogens (tertiary/aromatic N) is 2. The fourth-order valence-corrected chi connectivity index (χ4v) is 2.87. The van der Waals surface area contributed by atoms with E-state index >= 15 is 0 Å². The summed E-state index contributed by atoms with van der Waals surface area (Å²) in [7, 11) is 4.06. The number of hydrogen-bond donors (Lipinski definition) is 1. The van der Waals surface area contributed by atoms with Gasteiger partial charge in [-0.25, -0.2) is 4.98 Å². The number of pyridine rings is 1. The normalized spacial score (nSPS) is 12.2. The molecule has 1 unspecified atom stereocenters. The van der Waals surface area contributed by atoms with Gasteiger partial charge >= 0.3 is 0 Å². The Morgan fingerprint density at radius 1 is 1.00 bits per heavy atom. The monoisotopic (exact) mass is 305 g/mol. The average Bonchev–Trinajstić information content (AvgIpc) is 2.55. The van der Waals surface area contributed by atoms with E-state index in [1.807, 2.05) is 26.4 Å². The molecule has 0 saturated heterocycles. The summed E-state index contributed by atoms with van der Waals surface area (Å²) in [5.41, 5.74) is 3.60. The summed E-state index contributed by atoms with van der Waals surface area (Å²) in [4.78, 5) is 6.70. The number of aryl methyl sites for hydroxylation is 1. The van der Waals surface area contributed by atoms with Gasteiger partial charge in [-0.1, -0.05) is 48.0 Å². The van der Waals surface area contributed by atoms with Gasteiger partial charge in [0.05, 0.1) is 11.9 Å². The SMILES string of the molecule is Cc1ccc2c(N(C)C)ncc(NC(C)c3ccccc3)c2c1. The summed E-state index contributed by atoms with van der Waals surface area (Å²) in [6.07, 6.45) is 1.94. The lowest BCUT2D eigenvalue weighted by molar-refractivity contribution is 0.885. The molecular weight excluding hydrogens is 282 g/mol. The Labute approximate surface area is 138 Å². The molecule has 1 atom stereocenters. The fraction of sp³-hybridized carbons (Fsp3) is 0.250. The van der Waals surface area contributed by atoms with Crippen LogP contribution in [0.25, 0.3) is 10.8 Å². The van der Waals surface area contributed by atoms with Crippen molar-refractivity contribution >= 4 is 22.3 Å². The first-order valence-corrected chi connectivity index (χ1v) is 7.94. The fourth-order valence-electron chi connectivity index (χ4n) is 2.87. The molecule has 3 nitrogen and oxygen atoms in total. The maximum absolute atomic E-state index is 4.65. The topological polar surface area (TPSA) is 28.2 Å². The zero-order valence-electron chi connectivity index (χ0n) is 14.2. The van der Waals surface area contributed by atoms with Gasteiger partial charge in [0.1, 0.15) is 5.82 Å². The van der Waals surface area contributed by atoms with Crippen molar-refractivity contribution in [2.24, 2.45) is 0 Å². The minimum absolute atomic E-state index is 0.229. The molecule has 2 aromatic carbocycles. The third-order valence-electron chi connectivity index (χ3n) is 4.12. The number of fused-ring (bicyclic) bond motifs is 1. The van der Waals surface area contributed by atoms with Crippen molar-refractivity contribution in [1.82, 2.24) is 4.98 Å². The van der Waals surface area contributed by atoms with Gasteiger partial charge in [-0.05, 0) is 25.5 Å². The predicted molar refractivity (Wildman–Crippen MR) is 99.3 cm³/mol. The van der Waals surface area contributed by atoms with Crippen LogP contribution in [0, 0.1) is 6.92 Å². The lowest BCUT2D eigenvalue weighted by Gasteiger charge is -2.20. The van der Waals surface area contributed by atoms with E-state index in [-0.39, 0.29) is 6.04 Å². The maximum Gasteiger partial charge on any atom is 0.136 e. The molecule has 3 aromatic rings. The molecule has 1 aromatic heterocycles. The Balaban J connectivity index is 2.04. The van der Waals surface area contributed by atoms with Crippen LogP contribution in [0.5, 0.6) is 0 Å². The predicted octanol–water partition coefficient (Wildman–Crippen LogP) is 4.78. The molecule has 0 aliphatic rings. The van der Waals surface area contributed by atoms with Crippen LogP contribution in [0.2, 0.25) is 0 Å². The summed E-state index contributed by atoms with van der Waals surface area (Å²) in [5.74, 6) is 0.998. The molecule has 0 fully saturated rings. The van der Waals surface area contributed by atoms with Crippen LogP contribution in [0.15, 0.2) is 54.7 Å². The molecule has 1 N–H and O–H groups in total. The van der Waals surface area contributed by atoms with Gasteiger partial charge in [0, 0.05) is 30.9 Å². The largest absolute Gasteiger partial charge is 0.377 e. The second-order valence-electron chi connectivity index (χ2n) is 6.22. The first-order valence-electron chi connectivity index (χ1n) is 7.94. The molecule has 0 amide bonds. The summed E-state index contributed by atoms with van der Waals surface area (Å²) in [5, 5.41) is 6.00. The van der Waals surface area contributed by atoms with Crippen molar-refractivity contribution in [2.45, 2.75) is 19.9 Å². The van der Waals surface area contributed by atoms with Crippen LogP contribution in [-0.4, -0.2) is 19.1 Å². The molecule has 3 rings (SSSR count). The summed E-state index contributed by atoms with van der Waals surface area (Å²) in [6.45, 7) is 4.30. The van der Waals surface area contributed by atoms with Gasteiger partial charge in [-0.3, -0.25) is 0 Å². The van der Waals surface area contributed by atoms with Crippen molar-refractivity contribution < 1.29 is 0 Å². The molecule has 0 aliphatic carbocycles. The van der Waals surface area contributed by atoms with Crippen LogP contribution in [-0.2, 0) is 0 Å². The quantitative estimate of drug-likeness (QED) is 0.751. The number of anilines is 2. The van der Waals surface area contributed by atoms with Gasteiger partial charge in [0.25, 0.3) is 0 Å². The zero-order chi connectivity index (χ0) is 16.4. The van der Waals surface area contributed by atoms with Crippen molar-refractivity contribution in [3.63, 3.8) is 0 Å². The third-order valence-corrected chi connectivity index (χ3v) is 4.12. The standard InChI is InChI=1S/C20H23N3/c1-14-10-11-17-18(12-14)19(13-21-20(17)23(3)4)22-15(2)16-8-6-5-7-9-16/h5-13,15,22H,1-4H3. The molecule has 3 heteroatoms. The zero-order valence-corrected chi connectivity index (χ0v) is 14.2. The van der Waals surface area contributed by atoms with E-state index in [0.29, 0.717) is 0 Å². The van der Waals surface area contributed by atoms with Crippen molar-refractivity contribution in [2.75, 3.05) is 24.3 Å². The summed E-state index contributed by atoms with van der Waals surface area (Å²) in [6, 6.07) is 17.2. The Bertz CT molecular complexity index is 810. The summed E-state index contributed by atoms with van der Waals surface area (Å²) >= 11 is 0. The molecule has 118 valence electrons. The molecule has 1 heterocycles. The molecule has 23 heavy (non-hydrogen) atoms. The van der Waals surface area contributed by atoms with Gasteiger partial charge in [0.15, 0.2) is 0 Å². The van der Waals surface area contributed by atoms with Crippen molar-refractivity contribution in [1.29, 1.82) is 0 Å². The van der Waals surface area contributed by atoms with Gasteiger partial charge < -0.3 is 10.2 Å². The van der Waals surface area contributed by atoms with Gasteiger partial charge in [-0.15, -0.1) is 0 Å². The molecule has 0 bridgehead atoms. The van der Waals surface area contributed by atoms with Crippen LogP contribution in [0.3, 0.4) is 0 Å². The lowest BCUT2D eigenvalue weighted by Crippen LogP contribution is -2.12. The summed E-state index contributed by atoms with van der Waals surface area (Å²) < 4.78 is 0. The number of rotatable bonds is 4. The highest BCUT2D eigenvalue weighted by molar-refractivity contribution is 6.00. The minimum Gasteiger partial charge on any atom is -0.377 e. The Hall–Kier alpha value is -2.55. The highest BCUT2D eigenvalue weighted by atomic mass is 15.1. The molecule has 0 radical (unpaired) electrons. The average molecular weight is 305 g/mol. The Morgan fingerprint density at radius 2 is 1.74 bits per heavy atom. The van der Waals surface area contributed by atoms with E-state index in [9.17, 15) is 0 Å². The van der Waals surface area contributed by atoms with Crippen molar-refractivity contribution in [3.05, 3.63) is 65.9 Å². The van der Waals surface area contributed by atoms with Crippen molar-refractivity contribution in [3.8, 4) is 0 Å². The third kappa shape index (κ3) is 3.14. The number of nitrogens with one attached hydrogen (secondary N) is 1. The lowest BCUT2D eigenvalue weighted by atomic mass is 10.0. The molecular formula is C20H23N3. The maximum atomic E-state index is 4.65. The van der Waals surface area contributed by atoms with Gasteiger partial charge in [0.2, 0.25) is 0 Å². The van der Waals surface area contributed by atoms with E-state index in [2.05, 4.69) is 71.5 Å². The first kappa shape index (κ1) is 15.3. The molecule has 0 spiro atoms. The highest BCUT2D eigenvalue weighted by Crippen LogP contribution is 2.32. The van der Waals surface area contributed by atoms with E-state index in [1.54, 1.807) is 0 Å². The van der Waals surface area contributed by atoms with Gasteiger partial charge in [-0.2, -0.15) is 0 Å². The second kappa shape index (κ2) is 6.29. The van der Waals surface area contributed by atoms with E-state index < -0.39 is 0 Å². The van der Waals surface area contributed by atoms with Crippen LogP contribution < -0.4 is 10.2 Å². The second-order valence-corrected chi connectivity index (χ2v) is 6.22. The van der Waals surface area contributed by atoms with Crippen LogP contribution in [0.1, 0.15) is 24.1 Å². The number of benzene rings is 2. The molecule has 0 aliphatic heterocycles. The Morgan fingerprint density at radius 3 is 2.43 bits per heavy atom. The van der Waals surface area contributed by atoms with E-state index in [0.717, 1.165) is 11.5 Å². The van der Waals surface area contributed by atoms with E-state index in [4.69, 9.17) is 0 Å². The van der Waals surface area contributed by atoms with Crippen LogP contribution >= 0.6 is 0 Å². The number of aromatic nitrogens is 1. The van der Waals surface area contributed by atoms with E-state index in [1.165, 1.54) is 21.9 Å². The highest BCUT2D eigenvalue weighted by Gasteiger charge is 2.12. The first-order chi connectivity index (χ1) is 11.1. The molecule has 0 saturated carbocycles. The Kier molecular flexibility index (Phi) is 4.20. The van der Waals surface area contributed by atoms with Crippen LogP contribution in [0.4, 0.5) is 11.5 Å².